The van der Waals surface area contributed by atoms with Gasteiger partial charge in [0.05, 0.1) is 22.4 Å². The number of hydrogen-bond acceptors (Lipinski definition) is 3. The van der Waals surface area contributed by atoms with E-state index in [0.717, 1.165) is 78.0 Å². The average molecular weight is 564 g/mol. The van der Waals surface area contributed by atoms with Crippen LogP contribution in [-0.2, 0) is 0 Å². The minimum absolute atomic E-state index is 0.829. The van der Waals surface area contributed by atoms with Crippen LogP contribution < -0.4 is 0 Å². The van der Waals surface area contributed by atoms with Crippen molar-refractivity contribution in [3.05, 3.63) is 152 Å². The molecular formula is C39H25N5. The highest BCUT2D eigenvalue weighted by atomic mass is 15.1. The molecule has 0 saturated carbocycles. The van der Waals surface area contributed by atoms with Gasteiger partial charge >= 0.3 is 0 Å². The van der Waals surface area contributed by atoms with Crippen molar-refractivity contribution >= 4 is 44.1 Å². The number of aromatic nitrogens is 5. The average Bonchev–Trinajstić information content (AvgIpc) is 3.60. The van der Waals surface area contributed by atoms with Crippen LogP contribution in [0.15, 0.2) is 152 Å². The highest BCUT2D eigenvalue weighted by molar-refractivity contribution is 6.12. The van der Waals surface area contributed by atoms with E-state index in [2.05, 4.69) is 137 Å². The van der Waals surface area contributed by atoms with E-state index in [-0.39, 0.29) is 0 Å². The molecule has 0 saturated heterocycles. The lowest BCUT2D eigenvalue weighted by Gasteiger charge is -2.10. The zero-order valence-electron chi connectivity index (χ0n) is 23.7. The normalized spacial score (nSPS) is 11.6. The maximum atomic E-state index is 5.38. The van der Waals surface area contributed by atoms with Gasteiger partial charge in [-0.2, -0.15) is 0 Å². The summed E-state index contributed by atoms with van der Waals surface area (Å²) in [5, 5.41) is 2.17. The number of para-hydroxylation sites is 3. The van der Waals surface area contributed by atoms with E-state index in [1.54, 1.807) is 0 Å². The predicted molar refractivity (Wildman–Crippen MR) is 179 cm³/mol. The summed E-state index contributed by atoms with van der Waals surface area (Å²) in [5.74, 6) is 0. The highest BCUT2D eigenvalue weighted by Crippen LogP contribution is 2.36. The fourth-order valence-electron chi connectivity index (χ4n) is 6.30. The minimum Gasteiger partial charge on any atom is -0.292 e. The third-order valence-electron chi connectivity index (χ3n) is 8.34. The minimum atomic E-state index is 0.829. The number of fused-ring (bicyclic) bond motifs is 6. The zero-order valence-corrected chi connectivity index (χ0v) is 23.7. The summed E-state index contributed by atoms with van der Waals surface area (Å²) in [6.07, 6.45) is 0. The molecular weight excluding hydrogens is 538 g/mol. The first-order valence-corrected chi connectivity index (χ1v) is 14.7. The summed E-state index contributed by atoms with van der Waals surface area (Å²) in [5.41, 5.74) is 11.8. The van der Waals surface area contributed by atoms with Crippen molar-refractivity contribution in [1.82, 2.24) is 24.1 Å². The van der Waals surface area contributed by atoms with Gasteiger partial charge in [-0.15, -0.1) is 0 Å². The molecule has 5 aromatic carbocycles. The van der Waals surface area contributed by atoms with Crippen molar-refractivity contribution in [2.75, 3.05) is 0 Å². The lowest BCUT2D eigenvalue weighted by molar-refractivity contribution is 1.10. The predicted octanol–water partition coefficient (Wildman–Crippen LogP) is 9.40. The van der Waals surface area contributed by atoms with Crippen LogP contribution in [0.3, 0.4) is 0 Å². The van der Waals surface area contributed by atoms with Crippen LogP contribution in [0, 0.1) is 0 Å². The van der Waals surface area contributed by atoms with Gasteiger partial charge < -0.3 is 0 Å². The summed E-state index contributed by atoms with van der Waals surface area (Å²) in [6, 6.07) is 52.3. The third-order valence-corrected chi connectivity index (χ3v) is 8.34. The Morgan fingerprint density at radius 2 is 0.818 bits per heavy atom. The second kappa shape index (κ2) is 9.75. The Morgan fingerprint density at radius 3 is 1.41 bits per heavy atom. The van der Waals surface area contributed by atoms with E-state index in [1.807, 2.05) is 24.3 Å². The first kappa shape index (κ1) is 24.5. The Bertz CT molecular complexity index is 2470. The van der Waals surface area contributed by atoms with Gasteiger partial charge in [-0.25, -0.2) is 15.0 Å². The van der Waals surface area contributed by atoms with Crippen molar-refractivity contribution in [3.8, 4) is 33.9 Å². The van der Waals surface area contributed by atoms with E-state index in [1.165, 1.54) is 0 Å². The van der Waals surface area contributed by atoms with Crippen LogP contribution in [0.4, 0.5) is 0 Å². The van der Waals surface area contributed by atoms with Gasteiger partial charge in [0.15, 0.2) is 11.3 Å². The number of benzene rings is 5. The summed E-state index contributed by atoms with van der Waals surface area (Å²) in [6.45, 7) is 0. The molecule has 0 radical (unpaired) electrons. The van der Waals surface area contributed by atoms with Crippen LogP contribution in [0.5, 0.6) is 0 Å². The number of hydrogen-bond donors (Lipinski definition) is 0. The molecule has 0 spiro atoms. The summed E-state index contributed by atoms with van der Waals surface area (Å²) >= 11 is 0. The van der Waals surface area contributed by atoms with Crippen LogP contribution in [0.2, 0.25) is 0 Å². The van der Waals surface area contributed by atoms with Crippen LogP contribution in [0.1, 0.15) is 0 Å². The van der Waals surface area contributed by atoms with Crippen molar-refractivity contribution in [2.45, 2.75) is 0 Å². The van der Waals surface area contributed by atoms with E-state index >= 15 is 0 Å². The third kappa shape index (κ3) is 3.76. The summed E-state index contributed by atoms with van der Waals surface area (Å²) in [4.78, 5) is 15.7. The lowest BCUT2D eigenvalue weighted by atomic mass is 10.1. The summed E-state index contributed by atoms with van der Waals surface area (Å²) in [7, 11) is 0. The Hall–Kier alpha value is -6.07. The Labute approximate surface area is 253 Å². The molecule has 0 N–H and O–H groups in total. The van der Waals surface area contributed by atoms with Crippen molar-refractivity contribution in [3.63, 3.8) is 0 Å². The second-order valence-corrected chi connectivity index (χ2v) is 10.9. The van der Waals surface area contributed by atoms with Crippen LogP contribution in [0.25, 0.3) is 78.0 Å². The quantitative estimate of drug-likeness (QED) is 0.214. The van der Waals surface area contributed by atoms with Gasteiger partial charge in [0.25, 0.3) is 0 Å². The Balaban J connectivity index is 1.25. The Morgan fingerprint density at radius 1 is 0.341 bits per heavy atom. The van der Waals surface area contributed by atoms with Crippen molar-refractivity contribution in [2.24, 2.45) is 0 Å². The van der Waals surface area contributed by atoms with Gasteiger partial charge in [0.1, 0.15) is 11.0 Å². The fraction of sp³-hybridized carbons (Fsp3) is 0. The topological polar surface area (TPSA) is 48.5 Å². The van der Waals surface area contributed by atoms with E-state index in [0.29, 0.717) is 0 Å². The molecule has 4 aromatic heterocycles. The summed E-state index contributed by atoms with van der Waals surface area (Å²) < 4.78 is 4.44. The molecule has 0 atom stereocenters. The van der Waals surface area contributed by atoms with Crippen LogP contribution >= 0.6 is 0 Å². The Kier molecular flexibility index (Phi) is 5.43. The van der Waals surface area contributed by atoms with Gasteiger partial charge in [-0.05, 0) is 48.5 Å². The molecule has 5 heteroatoms. The standard InChI is InChI=1S/C39H25N5/c1-3-12-26(13-4-1)32-18-11-19-33(40-32)27-22-24-29(25-23-27)44-35-21-10-8-17-31(35)37-39(44)42-38-36(41-37)30-16-7-9-20-34(30)43(38)28-14-5-2-6-15-28/h1-25H. The zero-order chi connectivity index (χ0) is 29.0. The fourth-order valence-corrected chi connectivity index (χ4v) is 6.30. The largest absolute Gasteiger partial charge is 0.292 e. The molecule has 0 unspecified atom stereocenters. The van der Waals surface area contributed by atoms with Gasteiger partial charge in [0.2, 0.25) is 0 Å². The molecule has 0 aliphatic heterocycles. The number of rotatable bonds is 4. The van der Waals surface area contributed by atoms with E-state index in [9.17, 15) is 0 Å². The number of pyridine rings is 1. The van der Waals surface area contributed by atoms with Crippen molar-refractivity contribution in [1.29, 1.82) is 0 Å². The first-order chi connectivity index (χ1) is 21.8. The van der Waals surface area contributed by atoms with Gasteiger partial charge in [0, 0.05) is 33.3 Å². The molecule has 4 heterocycles. The molecule has 206 valence electrons. The maximum Gasteiger partial charge on any atom is 0.166 e. The molecule has 9 rings (SSSR count). The van der Waals surface area contributed by atoms with Crippen molar-refractivity contribution < 1.29 is 0 Å². The smallest absolute Gasteiger partial charge is 0.166 e. The van der Waals surface area contributed by atoms with Crippen LogP contribution in [-0.4, -0.2) is 24.1 Å². The monoisotopic (exact) mass is 563 g/mol. The van der Waals surface area contributed by atoms with Gasteiger partial charge in [-0.3, -0.25) is 9.13 Å². The molecule has 44 heavy (non-hydrogen) atoms. The number of nitrogens with zero attached hydrogens (tertiary/aromatic N) is 5. The SMILES string of the molecule is c1ccc(-c2cccc(-c3ccc(-n4c5ccccc5c5nc6c7ccccc7n(-c7ccccc7)c6nc54)cc3)n2)cc1. The van der Waals surface area contributed by atoms with E-state index in [4.69, 9.17) is 15.0 Å². The highest BCUT2D eigenvalue weighted by Gasteiger charge is 2.20. The molecule has 0 aliphatic rings. The molecule has 0 amide bonds. The molecule has 0 bridgehead atoms. The first-order valence-electron chi connectivity index (χ1n) is 14.7. The van der Waals surface area contributed by atoms with Gasteiger partial charge in [-0.1, -0.05) is 103 Å². The molecule has 0 fully saturated rings. The molecule has 5 nitrogen and oxygen atoms in total. The molecule has 9 aromatic rings. The molecule has 0 aliphatic carbocycles. The maximum absolute atomic E-state index is 5.38. The lowest BCUT2D eigenvalue weighted by Crippen LogP contribution is -1.99. The van der Waals surface area contributed by atoms with E-state index < -0.39 is 0 Å². The second-order valence-electron chi connectivity index (χ2n) is 10.9.